The van der Waals surface area contributed by atoms with Gasteiger partial charge in [0.25, 0.3) is 0 Å². The fraction of sp³-hybridized carbons (Fsp3) is 0.500. The Bertz CT molecular complexity index is 932. The lowest BCUT2D eigenvalue weighted by atomic mass is 10.1. The van der Waals surface area contributed by atoms with E-state index >= 15 is 0 Å². The fourth-order valence-electron chi connectivity index (χ4n) is 2.48. The first-order valence-electron chi connectivity index (χ1n) is 7.17. The lowest BCUT2D eigenvalue weighted by Gasteiger charge is -2.17. The van der Waals surface area contributed by atoms with Crippen molar-refractivity contribution in [2.24, 2.45) is 0 Å². The van der Waals surface area contributed by atoms with Crippen LogP contribution in [0.25, 0.3) is 11.2 Å². The Kier molecular flexibility index (Phi) is 5.35. The largest absolute Gasteiger partial charge is 0.481 e. The van der Waals surface area contributed by atoms with Gasteiger partial charge in [-0.3, -0.25) is 9.09 Å². The fourth-order valence-corrected chi connectivity index (χ4v) is 4.08. The van der Waals surface area contributed by atoms with Gasteiger partial charge in [0.15, 0.2) is 17.7 Å². The van der Waals surface area contributed by atoms with Crippen LogP contribution < -0.4 is 5.73 Å². The molecule has 1 saturated heterocycles. The highest BCUT2D eigenvalue weighted by Gasteiger charge is 2.46. The Hall–Kier alpha value is -1.51. The molecular formula is C10H15N5O10P2. The molecule has 0 aliphatic carbocycles. The lowest BCUT2D eigenvalue weighted by molar-refractivity contribution is -0.0503. The summed E-state index contributed by atoms with van der Waals surface area (Å²) in [6.45, 7) is -0.813. The highest BCUT2D eigenvalue weighted by atomic mass is 31.3. The molecule has 0 aromatic carbocycles. The molecule has 5 atom stereocenters. The first-order chi connectivity index (χ1) is 12.5. The maximum absolute atomic E-state index is 11.5. The summed E-state index contributed by atoms with van der Waals surface area (Å²) in [4.78, 5) is 38.1. The number of rotatable bonds is 6. The molecule has 150 valence electrons. The van der Waals surface area contributed by atoms with E-state index in [1.54, 1.807) is 0 Å². The number of phosphoric acid groups is 2. The normalized spacial score (nSPS) is 28.5. The molecule has 0 saturated carbocycles. The summed E-state index contributed by atoms with van der Waals surface area (Å²) >= 11 is 0. The minimum Gasteiger partial charge on any atom is -0.387 e. The van der Waals surface area contributed by atoms with E-state index in [-0.39, 0.29) is 17.0 Å². The van der Waals surface area contributed by atoms with Crippen molar-refractivity contribution in [2.75, 3.05) is 12.3 Å². The number of hydrogen-bond donors (Lipinski definition) is 6. The molecule has 1 unspecified atom stereocenters. The lowest BCUT2D eigenvalue weighted by Crippen LogP contribution is -2.33. The maximum Gasteiger partial charge on any atom is 0.481 e. The van der Waals surface area contributed by atoms with Crippen LogP contribution in [0, 0.1) is 0 Å². The highest BCUT2D eigenvalue weighted by molar-refractivity contribution is 7.60. The number of aliphatic hydroxyl groups excluding tert-OH is 2. The molecule has 17 heteroatoms. The molecule has 2 aromatic rings. The van der Waals surface area contributed by atoms with Crippen molar-refractivity contribution in [1.29, 1.82) is 0 Å². The summed E-state index contributed by atoms with van der Waals surface area (Å²) in [5.41, 5.74) is 6.11. The van der Waals surface area contributed by atoms with E-state index in [2.05, 4.69) is 23.8 Å². The Labute approximate surface area is 150 Å². The van der Waals surface area contributed by atoms with E-state index in [9.17, 15) is 24.2 Å². The number of phosphoric ester groups is 1. The van der Waals surface area contributed by atoms with Crippen molar-refractivity contribution >= 4 is 32.6 Å². The molecular weight excluding hydrogens is 412 g/mol. The van der Waals surface area contributed by atoms with Gasteiger partial charge in [-0.15, -0.1) is 0 Å². The zero-order valence-electron chi connectivity index (χ0n) is 13.2. The van der Waals surface area contributed by atoms with Gasteiger partial charge in [-0.05, 0) is 0 Å². The number of ether oxygens (including phenoxy) is 1. The predicted octanol–water partition coefficient (Wildman–Crippen LogP) is -1.75. The summed E-state index contributed by atoms with van der Waals surface area (Å²) in [5.74, 6) is 0.0856. The van der Waals surface area contributed by atoms with E-state index in [1.165, 1.54) is 10.9 Å². The van der Waals surface area contributed by atoms with Crippen LogP contribution in [-0.2, 0) is 22.7 Å². The minimum atomic E-state index is -5.29. The number of aromatic nitrogens is 4. The number of anilines is 1. The van der Waals surface area contributed by atoms with E-state index < -0.39 is 46.8 Å². The van der Waals surface area contributed by atoms with Crippen LogP contribution in [0.4, 0.5) is 5.82 Å². The quantitative estimate of drug-likeness (QED) is 0.281. The van der Waals surface area contributed by atoms with Crippen molar-refractivity contribution in [3.8, 4) is 0 Å². The number of nitrogens with zero attached hydrogens (tertiary/aromatic N) is 4. The van der Waals surface area contributed by atoms with Crippen LogP contribution >= 0.6 is 15.6 Å². The van der Waals surface area contributed by atoms with Gasteiger partial charge < -0.3 is 35.4 Å². The second kappa shape index (κ2) is 7.14. The maximum atomic E-state index is 11.5. The third-order valence-corrected chi connectivity index (χ3v) is 5.76. The molecule has 0 bridgehead atoms. The third-order valence-electron chi connectivity index (χ3n) is 3.61. The summed E-state index contributed by atoms with van der Waals surface area (Å²) in [7, 11) is -10.4. The van der Waals surface area contributed by atoms with Gasteiger partial charge in [0.05, 0.1) is 12.9 Å². The van der Waals surface area contributed by atoms with Crippen molar-refractivity contribution in [3.63, 3.8) is 0 Å². The average Bonchev–Trinajstić information content (AvgIpc) is 3.07. The number of nitrogen functional groups attached to an aromatic ring is 1. The number of nitrogens with two attached hydrogens (primary N) is 1. The van der Waals surface area contributed by atoms with Crippen molar-refractivity contribution in [2.45, 2.75) is 24.5 Å². The van der Waals surface area contributed by atoms with Crippen LogP contribution in [0.2, 0.25) is 0 Å². The Morgan fingerprint density at radius 3 is 2.56 bits per heavy atom. The molecule has 27 heavy (non-hydrogen) atoms. The van der Waals surface area contributed by atoms with Crippen molar-refractivity contribution in [3.05, 3.63) is 12.7 Å². The zero-order valence-corrected chi connectivity index (χ0v) is 15.0. The molecule has 7 N–H and O–H groups in total. The van der Waals surface area contributed by atoms with Gasteiger partial charge in [0.1, 0.15) is 30.2 Å². The van der Waals surface area contributed by atoms with Crippen LogP contribution in [0.15, 0.2) is 12.7 Å². The van der Waals surface area contributed by atoms with Crippen LogP contribution in [0.5, 0.6) is 0 Å². The van der Waals surface area contributed by atoms with E-state index in [0.717, 1.165) is 6.33 Å². The second-order valence-electron chi connectivity index (χ2n) is 5.47. The standard InChI is InChI=1S/C10H15N5O10P2/c11-8-5-9(13-2-12-8)15(3-14-5)10-7(17)6(16)4(24-10)1-23-27(21,22)25-26(18,19)20/h2-4,6-7,10,16-17H,1H2,(H,21,22)(H2,11,12,13)(H2,18,19,20)/t4-,6+,7-,10+/m1/s1. The van der Waals surface area contributed by atoms with Crippen molar-refractivity contribution < 1.29 is 47.6 Å². The number of fused-ring (bicyclic) bond motifs is 1. The number of aliphatic hydroxyl groups is 2. The summed E-state index contributed by atoms with van der Waals surface area (Å²) < 4.78 is 36.8. The molecule has 2 aromatic heterocycles. The molecule has 3 rings (SSSR count). The zero-order chi connectivity index (χ0) is 20.0. The van der Waals surface area contributed by atoms with Gasteiger partial charge in [-0.2, -0.15) is 4.31 Å². The Morgan fingerprint density at radius 1 is 1.19 bits per heavy atom. The first-order valence-corrected chi connectivity index (χ1v) is 10.2. The smallest absolute Gasteiger partial charge is 0.387 e. The average molecular weight is 427 g/mol. The highest BCUT2D eigenvalue weighted by Crippen LogP contribution is 2.57. The Balaban J connectivity index is 1.75. The third kappa shape index (κ3) is 4.33. The SMILES string of the molecule is Nc1ncnc2c1ncn2[C@H]1O[C@H](COP(=O)(O)OP(=O)(O)O)[C@H](O)[C@H]1O. The summed E-state index contributed by atoms with van der Waals surface area (Å²) in [6.07, 6.45) is -3.20. The molecule has 0 spiro atoms. The van der Waals surface area contributed by atoms with Crippen molar-refractivity contribution in [1.82, 2.24) is 19.5 Å². The van der Waals surface area contributed by atoms with Gasteiger partial charge >= 0.3 is 15.6 Å². The second-order valence-corrected chi connectivity index (χ2v) is 8.30. The van der Waals surface area contributed by atoms with Gasteiger partial charge in [-0.25, -0.2) is 24.1 Å². The molecule has 0 amide bonds. The van der Waals surface area contributed by atoms with E-state index in [1.807, 2.05) is 0 Å². The van der Waals surface area contributed by atoms with Crippen LogP contribution in [-0.4, -0.2) is 69.3 Å². The van der Waals surface area contributed by atoms with E-state index in [0.29, 0.717) is 0 Å². The van der Waals surface area contributed by atoms with Crippen LogP contribution in [0.1, 0.15) is 6.23 Å². The number of imidazole rings is 1. The summed E-state index contributed by atoms with van der Waals surface area (Å²) in [5, 5.41) is 20.3. The van der Waals surface area contributed by atoms with Gasteiger partial charge in [-0.1, -0.05) is 0 Å². The topological polar surface area (TPSA) is 233 Å². The molecule has 1 fully saturated rings. The Morgan fingerprint density at radius 2 is 1.89 bits per heavy atom. The minimum absolute atomic E-state index is 0.0856. The molecule has 1 aliphatic rings. The monoisotopic (exact) mass is 427 g/mol. The summed E-state index contributed by atoms with van der Waals surface area (Å²) in [6, 6.07) is 0. The molecule has 0 radical (unpaired) electrons. The molecule has 1 aliphatic heterocycles. The van der Waals surface area contributed by atoms with Gasteiger partial charge in [0, 0.05) is 0 Å². The molecule has 3 heterocycles. The van der Waals surface area contributed by atoms with Crippen LogP contribution in [0.3, 0.4) is 0 Å². The molecule has 15 nitrogen and oxygen atoms in total. The predicted molar refractivity (Wildman–Crippen MR) is 84.6 cm³/mol. The van der Waals surface area contributed by atoms with E-state index in [4.69, 9.17) is 20.3 Å². The first kappa shape index (κ1) is 20.2. The van der Waals surface area contributed by atoms with Gasteiger partial charge in [0.2, 0.25) is 0 Å². The number of hydrogen-bond acceptors (Lipinski definition) is 11.